The number of imide groups is 1. The first-order valence-electron chi connectivity index (χ1n) is 7.23. The van der Waals surface area contributed by atoms with E-state index in [4.69, 9.17) is 23.2 Å². The molecule has 0 unspecified atom stereocenters. The van der Waals surface area contributed by atoms with E-state index < -0.39 is 17.2 Å². The third kappa shape index (κ3) is 2.38. The quantitative estimate of drug-likeness (QED) is 0.673. The summed E-state index contributed by atoms with van der Waals surface area (Å²) in [4.78, 5) is 40.7. The molecule has 1 aliphatic heterocycles. The molecule has 4 rings (SSSR count). The van der Waals surface area contributed by atoms with Gasteiger partial charge in [0, 0.05) is 5.02 Å². The van der Waals surface area contributed by atoms with E-state index in [-0.39, 0.29) is 21.7 Å². The second-order valence-corrected chi connectivity index (χ2v) is 6.28. The van der Waals surface area contributed by atoms with Crippen LogP contribution in [0.4, 0.5) is 5.69 Å². The average molecular weight is 374 g/mol. The number of pyridine rings is 1. The summed E-state index contributed by atoms with van der Waals surface area (Å²) in [5.74, 6) is -1.39. The Kier molecular flexibility index (Phi) is 3.52. The molecular weight excluding hydrogens is 365 g/mol. The first-order chi connectivity index (χ1) is 12.0. The number of nitrogens with one attached hydrogen (secondary N) is 2. The van der Waals surface area contributed by atoms with E-state index in [1.165, 1.54) is 12.1 Å². The zero-order chi connectivity index (χ0) is 17.7. The largest absolute Gasteiger partial charge is 0.349 e. The molecule has 0 saturated heterocycles. The topological polar surface area (TPSA) is 82.3 Å². The molecule has 0 fully saturated rings. The number of amides is 2. The van der Waals surface area contributed by atoms with Crippen LogP contribution >= 0.6 is 23.2 Å². The van der Waals surface area contributed by atoms with Gasteiger partial charge in [0.1, 0.15) is 11.3 Å². The highest BCUT2D eigenvalue weighted by Crippen LogP contribution is 2.28. The zero-order valence-electron chi connectivity index (χ0n) is 12.5. The van der Waals surface area contributed by atoms with E-state index in [1.54, 1.807) is 30.3 Å². The second kappa shape index (κ2) is 5.61. The fraction of sp³-hybridized carbons (Fsp3) is 0. The van der Waals surface area contributed by atoms with Gasteiger partial charge in [0.2, 0.25) is 5.43 Å². The molecule has 2 heterocycles. The van der Waals surface area contributed by atoms with Crippen molar-refractivity contribution in [2.75, 3.05) is 5.43 Å². The average Bonchev–Trinajstić information content (AvgIpc) is 2.80. The van der Waals surface area contributed by atoms with Crippen molar-refractivity contribution in [3.05, 3.63) is 74.0 Å². The smallest absolute Gasteiger partial charge is 0.297 e. The molecule has 0 radical (unpaired) electrons. The highest BCUT2D eigenvalue weighted by atomic mass is 35.5. The summed E-state index contributed by atoms with van der Waals surface area (Å²) in [6.07, 6.45) is 0. The van der Waals surface area contributed by atoms with Gasteiger partial charge < -0.3 is 4.98 Å². The lowest BCUT2D eigenvalue weighted by Crippen LogP contribution is -2.36. The maximum absolute atomic E-state index is 12.7. The number of hydrogen-bond acceptors (Lipinski definition) is 4. The number of rotatable bonds is 2. The van der Waals surface area contributed by atoms with Crippen LogP contribution in [0.3, 0.4) is 0 Å². The molecule has 2 aromatic carbocycles. The fourth-order valence-electron chi connectivity index (χ4n) is 2.76. The van der Waals surface area contributed by atoms with Crippen molar-refractivity contribution in [2.24, 2.45) is 0 Å². The van der Waals surface area contributed by atoms with Crippen LogP contribution in [0.1, 0.15) is 20.8 Å². The van der Waals surface area contributed by atoms with Crippen LogP contribution in [0.15, 0.2) is 47.3 Å². The van der Waals surface area contributed by atoms with Gasteiger partial charge in [-0.15, -0.1) is 0 Å². The SMILES string of the molecule is O=C1c2[nH]c3cc(Cl)cc(Cl)c3c(=O)c2C(=O)N1Nc1ccccc1. The summed E-state index contributed by atoms with van der Waals surface area (Å²) in [7, 11) is 0. The molecule has 6 nitrogen and oxygen atoms in total. The second-order valence-electron chi connectivity index (χ2n) is 5.44. The summed E-state index contributed by atoms with van der Waals surface area (Å²) < 4.78 is 0. The molecule has 3 aromatic rings. The number of aromatic nitrogens is 1. The summed E-state index contributed by atoms with van der Waals surface area (Å²) >= 11 is 12.0. The number of anilines is 1. The Morgan fingerprint density at radius 2 is 1.68 bits per heavy atom. The Hall–Kier alpha value is -2.83. The van der Waals surface area contributed by atoms with E-state index in [2.05, 4.69) is 10.4 Å². The summed E-state index contributed by atoms with van der Waals surface area (Å²) in [5.41, 5.74) is 2.60. The lowest BCUT2D eigenvalue weighted by atomic mass is 10.1. The first-order valence-corrected chi connectivity index (χ1v) is 7.98. The van der Waals surface area contributed by atoms with E-state index in [9.17, 15) is 14.4 Å². The molecule has 124 valence electrons. The molecule has 0 spiro atoms. The normalized spacial score (nSPS) is 13.4. The monoisotopic (exact) mass is 373 g/mol. The van der Waals surface area contributed by atoms with Crippen LogP contribution in [0.5, 0.6) is 0 Å². The zero-order valence-corrected chi connectivity index (χ0v) is 14.0. The maximum Gasteiger partial charge on any atom is 0.297 e. The molecule has 0 bridgehead atoms. The number of halogens is 2. The molecule has 8 heteroatoms. The van der Waals surface area contributed by atoms with Gasteiger partial charge in [0.25, 0.3) is 11.8 Å². The maximum atomic E-state index is 12.7. The van der Waals surface area contributed by atoms with Gasteiger partial charge in [-0.2, -0.15) is 5.01 Å². The predicted octanol–water partition coefficient (Wildman–Crippen LogP) is 3.46. The van der Waals surface area contributed by atoms with E-state index in [0.29, 0.717) is 16.2 Å². The van der Waals surface area contributed by atoms with Crippen molar-refractivity contribution in [2.45, 2.75) is 0 Å². The van der Waals surface area contributed by atoms with Gasteiger partial charge in [-0.1, -0.05) is 41.4 Å². The van der Waals surface area contributed by atoms with E-state index in [0.717, 1.165) is 5.01 Å². The minimum absolute atomic E-state index is 0.0933. The van der Waals surface area contributed by atoms with Crippen molar-refractivity contribution < 1.29 is 9.59 Å². The minimum atomic E-state index is -0.738. The number of H-pyrrole nitrogens is 1. The van der Waals surface area contributed by atoms with Gasteiger partial charge in [-0.25, -0.2) is 0 Å². The van der Waals surface area contributed by atoms with Crippen LogP contribution < -0.4 is 10.9 Å². The highest BCUT2D eigenvalue weighted by Gasteiger charge is 2.40. The van der Waals surface area contributed by atoms with Crippen molar-refractivity contribution in [1.82, 2.24) is 9.99 Å². The van der Waals surface area contributed by atoms with Crippen LogP contribution in [-0.4, -0.2) is 21.8 Å². The van der Waals surface area contributed by atoms with Crippen LogP contribution in [0.25, 0.3) is 10.9 Å². The number of carbonyl (C=O) groups excluding carboxylic acids is 2. The number of para-hydroxylation sites is 1. The molecule has 1 aliphatic rings. The van der Waals surface area contributed by atoms with Crippen molar-refractivity contribution in [3.8, 4) is 0 Å². The third-order valence-electron chi connectivity index (χ3n) is 3.87. The molecule has 25 heavy (non-hydrogen) atoms. The molecular formula is C17H9Cl2N3O3. The lowest BCUT2D eigenvalue weighted by Gasteiger charge is -2.15. The molecule has 2 N–H and O–H groups in total. The number of nitrogens with zero attached hydrogens (tertiary/aromatic N) is 1. The lowest BCUT2D eigenvalue weighted by molar-refractivity contribution is 0.0689. The Morgan fingerprint density at radius 1 is 0.960 bits per heavy atom. The van der Waals surface area contributed by atoms with Gasteiger partial charge in [0.15, 0.2) is 0 Å². The number of fused-ring (bicyclic) bond motifs is 2. The Morgan fingerprint density at radius 3 is 2.40 bits per heavy atom. The van der Waals surface area contributed by atoms with Gasteiger partial charge in [0.05, 0.1) is 21.6 Å². The van der Waals surface area contributed by atoms with Crippen LogP contribution in [0.2, 0.25) is 10.0 Å². The minimum Gasteiger partial charge on any atom is -0.349 e. The van der Waals surface area contributed by atoms with Crippen LogP contribution in [0, 0.1) is 0 Å². The van der Waals surface area contributed by atoms with E-state index >= 15 is 0 Å². The van der Waals surface area contributed by atoms with Gasteiger partial charge >= 0.3 is 0 Å². The number of carbonyl (C=O) groups is 2. The predicted molar refractivity (Wildman–Crippen MR) is 95.2 cm³/mol. The number of hydrazine groups is 1. The highest BCUT2D eigenvalue weighted by molar-refractivity contribution is 6.38. The Balaban J connectivity index is 1.88. The Bertz CT molecular complexity index is 1110. The summed E-state index contributed by atoms with van der Waals surface area (Å²) in [6, 6.07) is 11.6. The van der Waals surface area contributed by atoms with Gasteiger partial charge in [-0.05, 0) is 24.3 Å². The molecule has 1 aromatic heterocycles. The summed E-state index contributed by atoms with van der Waals surface area (Å²) in [6.45, 7) is 0. The number of hydrogen-bond donors (Lipinski definition) is 2. The molecule has 0 aliphatic carbocycles. The number of aromatic amines is 1. The van der Waals surface area contributed by atoms with Gasteiger partial charge in [-0.3, -0.25) is 19.8 Å². The van der Waals surface area contributed by atoms with Crippen LogP contribution in [-0.2, 0) is 0 Å². The summed E-state index contributed by atoms with van der Waals surface area (Å²) in [5, 5.41) is 1.34. The standard InChI is InChI=1S/C17H9Cl2N3O3/c18-8-6-10(19)12-11(7-8)20-14-13(15(12)23)16(24)22(17(14)25)21-9-4-2-1-3-5-9/h1-7,21H,(H,20,23). The van der Waals surface area contributed by atoms with E-state index in [1.807, 2.05) is 0 Å². The molecule has 0 atom stereocenters. The fourth-order valence-corrected chi connectivity index (χ4v) is 3.34. The van der Waals surface area contributed by atoms with Crippen molar-refractivity contribution >= 4 is 51.6 Å². The van der Waals surface area contributed by atoms with Crippen molar-refractivity contribution in [3.63, 3.8) is 0 Å². The Labute approximate surface area is 150 Å². The van der Waals surface area contributed by atoms with Crippen molar-refractivity contribution in [1.29, 1.82) is 0 Å². The molecule has 0 saturated carbocycles. The molecule has 2 amide bonds. The number of benzene rings is 2. The third-order valence-corrected chi connectivity index (χ3v) is 4.38. The first kappa shape index (κ1) is 15.7.